The second-order valence-electron chi connectivity index (χ2n) is 8.15. The molecule has 1 unspecified atom stereocenters. The number of halogens is 1. The summed E-state index contributed by atoms with van der Waals surface area (Å²) in [6.07, 6.45) is 1.49. The Kier molecular flexibility index (Phi) is 7.48. The molecule has 1 saturated heterocycles. The molecular weight excluding hydrogens is 494 g/mol. The highest BCUT2D eigenvalue weighted by atomic mass is 79.9. The number of aliphatic hydroxyl groups is 1. The van der Waals surface area contributed by atoms with Crippen LogP contribution in [0.4, 0.5) is 0 Å². The molecule has 5 nitrogen and oxygen atoms in total. The van der Waals surface area contributed by atoms with Gasteiger partial charge in [0.25, 0.3) is 11.7 Å². The summed E-state index contributed by atoms with van der Waals surface area (Å²) in [6.45, 7) is 2.98. The van der Waals surface area contributed by atoms with Crippen LogP contribution < -0.4 is 4.74 Å². The van der Waals surface area contributed by atoms with Crippen LogP contribution in [0.15, 0.2) is 88.9 Å². The fraction of sp³-hybridized carbons (Fsp3) is 0.214. The number of hydrogen-bond donors (Lipinski definition) is 1. The SMILES string of the molecule is CCCOc1ccc(C(O)=C2C(=O)C(=O)N(CCc3ccccc3)C2c2ccc(Br)cc2)cc1. The zero-order valence-corrected chi connectivity index (χ0v) is 20.5. The van der Waals surface area contributed by atoms with E-state index in [1.54, 1.807) is 29.2 Å². The summed E-state index contributed by atoms with van der Waals surface area (Å²) in [5.41, 5.74) is 2.40. The van der Waals surface area contributed by atoms with Crippen molar-refractivity contribution in [3.05, 3.63) is 106 Å². The summed E-state index contributed by atoms with van der Waals surface area (Å²) in [4.78, 5) is 27.8. The molecule has 34 heavy (non-hydrogen) atoms. The van der Waals surface area contributed by atoms with Crippen molar-refractivity contribution in [2.24, 2.45) is 0 Å². The van der Waals surface area contributed by atoms with E-state index in [4.69, 9.17) is 4.74 Å². The topological polar surface area (TPSA) is 66.8 Å². The fourth-order valence-electron chi connectivity index (χ4n) is 4.08. The van der Waals surface area contributed by atoms with Gasteiger partial charge in [0.2, 0.25) is 0 Å². The van der Waals surface area contributed by atoms with E-state index in [-0.39, 0.29) is 11.3 Å². The van der Waals surface area contributed by atoms with Gasteiger partial charge in [0.05, 0.1) is 18.2 Å². The van der Waals surface area contributed by atoms with Crippen molar-refractivity contribution < 1.29 is 19.4 Å². The number of nitrogens with zero attached hydrogens (tertiary/aromatic N) is 1. The number of benzene rings is 3. The number of amides is 1. The van der Waals surface area contributed by atoms with Gasteiger partial charge in [-0.1, -0.05) is 65.3 Å². The fourth-order valence-corrected chi connectivity index (χ4v) is 4.35. The number of carbonyl (C=O) groups is 2. The number of hydrogen-bond acceptors (Lipinski definition) is 4. The molecule has 3 aromatic carbocycles. The van der Waals surface area contributed by atoms with Crippen LogP contribution >= 0.6 is 15.9 Å². The van der Waals surface area contributed by atoms with Gasteiger partial charge in [-0.25, -0.2) is 0 Å². The molecule has 1 atom stereocenters. The van der Waals surface area contributed by atoms with Crippen molar-refractivity contribution in [3.8, 4) is 5.75 Å². The normalized spacial score (nSPS) is 17.2. The molecule has 0 aliphatic carbocycles. The summed E-state index contributed by atoms with van der Waals surface area (Å²) in [7, 11) is 0. The average molecular weight is 520 g/mol. The zero-order chi connectivity index (χ0) is 24.1. The molecule has 1 N–H and O–H groups in total. The number of Topliss-reactive ketones (excluding diaryl/α,β-unsaturated/α-hetero) is 1. The van der Waals surface area contributed by atoms with Gasteiger partial charge < -0.3 is 14.7 Å². The van der Waals surface area contributed by atoms with Crippen LogP contribution in [0.3, 0.4) is 0 Å². The Hall–Kier alpha value is -3.38. The van der Waals surface area contributed by atoms with Gasteiger partial charge in [-0.15, -0.1) is 0 Å². The molecule has 1 heterocycles. The van der Waals surface area contributed by atoms with Crippen LogP contribution in [0.25, 0.3) is 5.76 Å². The number of ether oxygens (including phenoxy) is 1. The lowest BCUT2D eigenvalue weighted by Gasteiger charge is -2.25. The molecule has 0 spiro atoms. The molecule has 0 saturated carbocycles. The number of ketones is 1. The summed E-state index contributed by atoms with van der Waals surface area (Å²) < 4.78 is 6.50. The predicted molar refractivity (Wildman–Crippen MR) is 136 cm³/mol. The lowest BCUT2D eigenvalue weighted by molar-refractivity contribution is -0.139. The van der Waals surface area contributed by atoms with E-state index in [9.17, 15) is 14.7 Å². The third kappa shape index (κ3) is 5.07. The van der Waals surface area contributed by atoms with Gasteiger partial charge in [0.1, 0.15) is 11.5 Å². The highest BCUT2D eigenvalue weighted by molar-refractivity contribution is 9.10. The zero-order valence-electron chi connectivity index (χ0n) is 18.9. The molecule has 3 aromatic rings. The average Bonchev–Trinajstić information content (AvgIpc) is 3.12. The first-order chi connectivity index (χ1) is 16.5. The summed E-state index contributed by atoms with van der Waals surface area (Å²) >= 11 is 3.44. The molecule has 6 heteroatoms. The first-order valence-electron chi connectivity index (χ1n) is 11.3. The standard InChI is InChI=1S/C28H26BrNO4/c1-2-18-34-23-14-10-21(11-15-23)26(31)24-25(20-8-12-22(29)13-9-20)30(28(33)27(24)32)17-16-19-6-4-3-5-7-19/h3-15,25,31H,2,16-18H2,1H3. The Labute approximate surface area is 207 Å². The Bertz CT molecular complexity index is 1190. The van der Waals surface area contributed by atoms with Gasteiger partial charge in [-0.2, -0.15) is 0 Å². The first kappa shape index (κ1) is 23.8. The van der Waals surface area contributed by atoms with Crippen molar-refractivity contribution >= 4 is 33.4 Å². The quantitative estimate of drug-likeness (QED) is 0.228. The minimum Gasteiger partial charge on any atom is -0.507 e. The predicted octanol–water partition coefficient (Wildman–Crippen LogP) is 5.90. The van der Waals surface area contributed by atoms with E-state index in [1.165, 1.54) is 0 Å². The van der Waals surface area contributed by atoms with Crippen molar-refractivity contribution in [1.29, 1.82) is 0 Å². The van der Waals surface area contributed by atoms with E-state index in [1.807, 2.05) is 61.5 Å². The minimum absolute atomic E-state index is 0.0996. The lowest BCUT2D eigenvalue weighted by Crippen LogP contribution is -2.31. The highest BCUT2D eigenvalue weighted by Crippen LogP contribution is 2.40. The number of likely N-dealkylation sites (tertiary alicyclic amines) is 1. The molecule has 4 rings (SSSR count). The Morgan fingerprint density at radius 1 is 0.971 bits per heavy atom. The monoisotopic (exact) mass is 519 g/mol. The molecule has 1 fully saturated rings. The largest absolute Gasteiger partial charge is 0.507 e. The molecule has 1 aliphatic rings. The third-order valence-electron chi connectivity index (χ3n) is 5.81. The lowest BCUT2D eigenvalue weighted by atomic mass is 9.95. The molecular formula is C28H26BrNO4. The van der Waals surface area contributed by atoms with Crippen LogP contribution in [0.1, 0.15) is 36.1 Å². The molecule has 0 aromatic heterocycles. The Balaban J connectivity index is 1.72. The van der Waals surface area contributed by atoms with Gasteiger partial charge in [0.15, 0.2) is 0 Å². The summed E-state index contributed by atoms with van der Waals surface area (Å²) in [6, 6.07) is 23.5. The second kappa shape index (κ2) is 10.7. The Morgan fingerprint density at radius 3 is 2.29 bits per heavy atom. The first-order valence-corrected chi connectivity index (χ1v) is 12.1. The molecule has 0 radical (unpaired) electrons. The van der Waals surface area contributed by atoms with E-state index in [2.05, 4.69) is 15.9 Å². The van der Waals surface area contributed by atoms with Crippen molar-refractivity contribution in [3.63, 3.8) is 0 Å². The maximum atomic E-state index is 13.2. The van der Waals surface area contributed by atoms with E-state index in [0.717, 1.165) is 22.0 Å². The van der Waals surface area contributed by atoms with Crippen LogP contribution in [0.2, 0.25) is 0 Å². The van der Waals surface area contributed by atoms with Crippen molar-refractivity contribution in [1.82, 2.24) is 4.90 Å². The maximum Gasteiger partial charge on any atom is 0.295 e. The van der Waals surface area contributed by atoms with Gasteiger partial charge in [-0.05, 0) is 60.4 Å². The van der Waals surface area contributed by atoms with Gasteiger partial charge in [0, 0.05) is 16.6 Å². The maximum absolute atomic E-state index is 13.2. The van der Waals surface area contributed by atoms with E-state index < -0.39 is 17.7 Å². The van der Waals surface area contributed by atoms with Crippen LogP contribution in [-0.4, -0.2) is 34.8 Å². The molecule has 1 aliphatic heterocycles. The van der Waals surface area contributed by atoms with Crippen LogP contribution in [0.5, 0.6) is 5.75 Å². The van der Waals surface area contributed by atoms with Gasteiger partial charge in [-0.3, -0.25) is 9.59 Å². The summed E-state index contributed by atoms with van der Waals surface area (Å²) in [5.74, 6) is -0.778. The van der Waals surface area contributed by atoms with Crippen LogP contribution in [-0.2, 0) is 16.0 Å². The molecule has 174 valence electrons. The highest BCUT2D eigenvalue weighted by Gasteiger charge is 2.45. The molecule has 0 bridgehead atoms. The van der Waals surface area contributed by atoms with Crippen molar-refractivity contribution in [2.75, 3.05) is 13.2 Å². The number of carbonyl (C=O) groups excluding carboxylic acids is 2. The molecule has 1 amide bonds. The number of aliphatic hydroxyl groups excluding tert-OH is 1. The Morgan fingerprint density at radius 2 is 1.65 bits per heavy atom. The van der Waals surface area contributed by atoms with E-state index >= 15 is 0 Å². The number of rotatable bonds is 8. The summed E-state index contributed by atoms with van der Waals surface area (Å²) in [5, 5.41) is 11.2. The third-order valence-corrected chi connectivity index (χ3v) is 6.34. The van der Waals surface area contributed by atoms with Crippen molar-refractivity contribution in [2.45, 2.75) is 25.8 Å². The smallest absolute Gasteiger partial charge is 0.295 e. The minimum atomic E-state index is -0.676. The second-order valence-corrected chi connectivity index (χ2v) is 9.07. The van der Waals surface area contributed by atoms with Gasteiger partial charge >= 0.3 is 0 Å². The van der Waals surface area contributed by atoms with Crippen LogP contribution in [0, 0.1) is 0 Å². The van der Waals surface area contributed by atoms with E-state index in [0.29, 0.717) is 30.9 Å².